The number of nitrogens with zero attached hydrogens (tertiary/aromatic N) is 3. The molecule has 0 amide bonds. The molecule has 5 aromatic rings. The molecule has 0 aliphatic rings. The molecule has 0 aliphatic heterocycles. The molecule has 3 aromatic carbocycles. The maximum absolute atomic E-state index is 4.61. The number of fused-ring (bicyclic) bond motifs is 1. The van der Waals surface area contributed by atoms with Gasteiger partial charge in [-0.15, -0.1) is 71.8 Å². The van der Waals surface area contributed by atoms with Crippen molar-refractivity contribution in [1.82, 2.24) is 14.5 Å². The number of aryl methyl sites for hydroxylation is 1. The van der Waals surface area contributed by atoms with Crippen molar-refractivity contribution in [2.75, 3.05) is 0 Å². The van der Waals surface area contributed by atoms with Gasteiger partial charge < -0.3 is 9.55 Å². The zero-order chi connectivity index (χ0) is 19.2. The number of rotatable bonds is 2. The van der Waals surface area contributed by atoms with Gasteiger partial charge in [0.25, 0.3) is 0 Å². The summed E-state index contributed by atoms with van der Waals surface area (Å²) in [6, 6.07) is 36.1. The maximum Gasteiger partial charge on any atom is 0.0770 e. The molecule has 145 valence electrons. The van der Waals surface area contributed by atoms with Gasteiger partial charge in [0, 0.05) is 33.3 Å². The van der Waals surface area contributed by atoms with Crippen LogP contribution in [0.4, 0.5) is 0 Å². The Balaban J connectivity index is 0.000000167. The summed E-state index contributed by atoms with van der Waals surface area (Å²) in [5.74, 6) is 0.960. The van der Waals surface area contributed by atoms with Gasteiger partial charge in [0.15, 0.2) is 0 Å². The first kappa shape index (κ1) is 20.7. The minimum Gasteiger partial charge on any atom is -0.367 e. The molecular weight excluding hydrogens is 535 g/mol. The quantitative estimate of drug-likeness (QED) is 0.267. The van der Waals surface area contributed by atoms with E-state index < -0.39 is 0 Å². The molecule has 4 heteroatoms. The van der Waals surface area contributed by atoms with Gasteiger partial charge in [0.05, 0.1) is 16.9 Å². The summed E-state index contributed by atoms with van der Waals surface area (Å²) in [5.41, 5.74) is 5.21. The molecule has 1 radical (unpaired) electrons. The number of imidazole rings is 1. The Labute approximate surface area is 184 Å². The summed E-state index contributed by atoms with van der Waals surface area (Å²) in [7, 11) is 2.03. The SMILES string of the molecule is Cn1c(-c2[c-]cccc2)nc2ccccc21.[Ir].[c-]1ccccc1-c1ccccn1. The molecule has 0 unspecified atom stereocenters. The van der Waals surface area contributed by atoms with Crippen LogP contribution in [0.2, 0.25) is 0 Å². The van der Waals surface area contributed by atoms with E-state index in [2.05, 4.69) is 32.7 Å². The Morgan fingerprint density at radius 3 is 2.00 bits per heavy atom. The van der Waals surface area contributed by atoms with Crippen molar-refractivity contribution in [3.63, 3.8) is 0 Å². The second kappa shape index (κ2) is 9.92. The largest absolute Gasteiger partial charge is 0.367 e. The minimum absolute atomic E-state index is 0. The van der Waals surface area contributed by atoms with Gasteiger partial charge in [0.2, 0.25) is 0 Å². The van der Waals surface area contributed by atoms with E-state index in [1.807, 2.05) is 92.0 Å². The second-order valence-corrected chi connectivity index (χ2v) is 6.25. The van der Waals surface area contributed by atoms with Gasteiger partial charge in [0.1, 0.15) is 0 Å². The van der Waals surface area contributed by atoms with Crippen LogP contribution in [0.3, 0.4) is 0 Å². The zero-order valence-electron chi connectivity index (χ0n) is 15.9. The van der Waals surface area contributed by atoms with Crippen molar-refractivity contribution < 1.29 is 20.1 Å². The summed E-state index contributed by atoms with van der Waals surface area (Å²) in [6.45, 7) is 0. The van der Waals surface area contributed by atoms with Crippen molar-refractivity contribution >= 4 is 11.0 Å². The third-order valence-electron chi connectivity index (χ3n) is 4.39. The fourth-order valence-electron chi connectivity index (χ4n) is 2.99. The van der Waals surface area contributed by atoms with Crippen LogP contribution in [-0.4, -0.2) is 14.5 Å². The van der Waals surface area contributed by atoms with Crippen LogP contribution in [0.25, 0.3) is 33.7 Å². The van der Waals surface area contributed by atoms with Gasteiger partial charge in [-0.25, -0.2) is 0 Å². The fourth-order valence-corrected chi connectivity index (χ4v) is 2.99. The normalized spacial score (nSPS) is 9.97. The number of hydrogen-bond acceptors (Lipinski definition) is 2. The summed E-state index contributed by atoms with van der Waals surface area (Å²) < 4.78 is 2.10. The molecule has 0 atom stereocenters. The predicted molar refractivity (Wildman–Crippen MR) is 113 cm³/mol. The molecule has 29 heavy (non-hydrogen) atoms. The van der Waals surface area contributed by atoms with E-state index in [9.17, 15) is 0 Å². The monoisotopic (exact) mass is 554 g/mol. The van der Waals surface area contributed by atoms with Gasteiger partial charge in [-0.05, 0) is 23.9 Å². The molecule has 0 spiro atoms. The van der Waals surface area contributed by atoms with E-state index >= 15 is 0 Å². The molecule has 0 aliphatic carbocycles. The minimum atomic E-state index is 0. The van der Waals surface area contributed by atoms with Gasteiger partial charge in [-0.2, -0.15) is 0 Å². The van der Waals surface area contributed by atoms with Crippen molar-refractivity contribution in [2.45, 2.75) is 0 Å². The van der Waals surface area contributed by atoms with Crippen LogP contribution in [0.1, 0.15) is 0 Å². The summed E-state index contributed by atoms with van der Waals surface area (Å²) in [6.07, 6.45) is 1.79. The predicted octanol–water partition coefficient (Wildman–Crippen LogP) is 5.59. The van der Waals surface area contributed by atoms with Crippen molar-refractivity contribution in [3.8, 4) is 22.6 Å². The fraction of sp³-hybridized carbons (Fsp3) is 0.0400. The summed E-state index contributed by atoms with van der Waals surface area (Å²) in [5, 5.41) is 0. The van der Waals surface area contributed by atoms with Crippen LogP contribution in [0.15, 0.2) is 97.2 Å². The Morgan fingerprint density at radius 2 is 1.38 bits per heavy atom. The molecule has 0 saturated heterocycles. The number of pyridine rings is 1. The topological polar surface area (TPSA) is 30.7 Å². The second-order valence-electron chi connectivity index (χ2n) is 6.25. The van der Waals surface area contributed by atoms with Crippen LogP contribution in [-0.2, 0) is 27.2 Å². The number of benzene rings is 3. The molecule has 0 bridgehead atoms. The smallest absolute Gasteiger partial charge is 0.0770 e. The first-order valence-corrected chi connectivity index (χ1v) is 9.09. The van der Waals surface area contributed by atoms with Gasteiger partial charge >= 0.3 is 0 Å². The third kappa shape index (κ3) is 4.86. The molecule has 2 heterocycles. The van der Waals surface area contributed by atoms with E-state index in [0.717, 1.165) is 33.7 Å². The van der Waals surface area contributed by atoms with E-state index in [4.69, 9.17) is 0 Å². The van der Waals surface area contributed by atoms with Crippen LogP contribution < -0.4 is 0 Å². The maximum atomic E-state index is 4.61. The average Bonchev–Trinajstić information content (AvgIpc) is 3.13. The molecule has 5 rings (SSSR count). The zero-order valence-corrected chi connectivity index (χ0v) is 18.3. The Bertz CT molecular complexity index is 1120. The van der Waals surface area contributed by atoms with Gasteiger partial charge in [-0.3, -0.25) is 4.98 Å². The Morgan fingerprint density at radius 1 is 0.724 bits per heavy atom. The molecule has 0 fully saturated rings. The summed E-state index contributed by atoms with van der Waals surface area (Å²) in [4.78, 5) is 8.83. The third-order valence-corrected chi connectivity index (χ3v) is 4.39. The molecule has 2 aromatic heterocycles. The van der Waals surface area contributed by atoms with Crippen molar-refractivity contribution in [2.24, 2.45) is 7.05 Å². The van der Waals surface area contributed by atoms with E-state index in [0.29, 0.717) is 0 Å². The van der Waals surface area contributed by atoms with Crippen LogP contribution >= 0.6 is 0 Å². The molecular formula is C25H19IrN3-2. The number of hydrogen-bond donors (Lipinski definition) is 0. The molecule has 0 saturated carbocycles. The first-order chi connectivity index (χ1) is 13.8. The van der Waals surface area contributed by atoms with Gasteiger partial charge in [-0.1, -0.05) is 24.3 Å². The number of para-hydroxylation sites is 2. The molecule has 0 N–H and O–H groups in total. The Kier molecular flexibility index (Phi) is 7.07. The van der Waals surface area contributed by atoms with E-state index in [-0.39, 0.29) is 20.1 Å². The molecule has 3 nitrogen and oxygen atoms in total. The Hall–Kier alpha value is -3.07. The summed E-state index contributed by atoms with van der Waals surface area (Å²) >= 11 is 0. The van der Waals surface area contributed by atoms with Crippen molar-refractivity contribution in [3.05, 3.63) is 109 Å². The first-order valence-electron chi connectivity index (χ1n) is 9.09. The van der Waals surface area contributed by atoms with Crippen LogP contribution in [0, 0.1) is 12.1 Å². The van der Waals surface area contributed by atoms with E-state index in [1.54, 1.807) is 6.20 Å². The average molecular weight is 554 g/mol. The standard InChI is InChI=1S/C14H11N2.C11H8N.Ir/c1-16-13-10-6-5-9-12(13)15-14(16)11-7-3-2-4-8-11;1-2-6-10(7-3-1)11-8-4-5-9-12-11;/h2-7,9-10H,1H3;1-6,8-9H;/q2*-1;. The number of aromatic nitrogens is 3. The van der Waals surface area contributed by atoms with Crippen LogP contribution in [0.5, 0.6) is 0 Å². The van der Waals surface area contributed by atoms with Crippen molar-refractivity contribution in [1.29, 1.82) is 0 Å². The van der Waals surface area contributed by atoms with E-state index in [1.165, 1.54) is 0 Å².